The molecule has 2 N–H and O–H groups in total. The van der Waals surface area contributed by atoms with Crippen LogP contribution in [0.5, 0.6) is 0 Å². The van der Waals surface area contributed by atoms with Crippen LogP contribution < -0.4 is 5.73 Å². The van der Waals surface area contributed by atoms with Crippen LogP contribution in [-0.4, -0.2) is 19.6 Å². The highest BCUT2D eigenvalue weighted by Crippen LogP contribution is 2.35. The molecule has 0 amide bonds. The zero-order valence-corrected chi connectivity index (χ0v) is 8.10. The van der Waals surface area contributed by atoms with Crippen LogP contribution in [0.3, 0.4) is 0 Å². The Labute approximate surface area is 79.1 Å². The Kier molecular flexibility index (Phi) is 5.25. The third-order valence-corrected chi connectivity index (χ3v) is 2.35. The van der Waals surface area contributed by atoms with Gasteiger partial charge in [-0.2, -0.15) is 0 Å². The second-order valence-corrected chi connectivity index (χ2v) is 3.22. The molecule has 12 heavy (non-hydrogen) atoms. The fourth-order valence-electron chi connectivity index (χ4n) is 1.55. The van der Waals surface area contributed by atoms with E-state index in [0.29, 0.717) is 18.3 Å². The zero-order valence-electron chi connectivity index (χ0n) is 7.29. The van der Waals surface area contributed by atoms with Gasteiger partial charge in [-0.15, -0.1) is 12.4 Å². The average Bonchev–Trinajstić information content (AvgIpc) is 1.95. The van der Waals surface area contributed by atoms with Gasteiger partial charge < -0.3 is 10.5 Å². The molecule has 0 aromatic rings. The SMILES string of the molecule is COC(=O)CC1CC(CN)C1.Cl. The molecule has 0 aliphatic heterocycles. The maximum Gasteiger partial charge on any atom is 0.305 e. The van der Waals surface area contributed by atoms with E-state index in [9.17, 15) is 4.79 Å². The van der Waals surface area contributed by atoms with Crippen molar-refractivity contribution < 1.29 is 9.53 Å². The number of carbonyl (C=O) groups excluding carboxylic acids is 1. The summed E-state index contributed by atoms with van der Waals surface area (Å²) in [7, 11) is 1.43. The lowest BCUT2D eigenvalue weighted by Crippen LogP contribution is -2.31. The summed E-state index contributed by atoms with van der Waals surface area (Å²) in [4.78, 5) is 10.8. The summed E-state index contributed by atoms with van der Waals surface area (Å²) in [6, 6.07) is 0. The zero-order chi connectivity index (χ0) is 8.27. The van der Waals surface area contributed by atoms with E-state index in [1.807, 2.05) is 0 Å². The van der Waals surface area contributed by atoms with Gasteiger partial charge >= 0.3 is 5.97 Å². The van der Waals surface area contributed by atoms with Crippen molar-refractivity contribution in [3.8, 4) is 0 Å². The second kappa shape index (κ2) is 5.38. The van der Waals surface area contributed by atoms with Gasteiger partial charge in [0.2, 0.25) is 0 Å². The van der Waals surface area contributed by atoms with Gasteiger partial charge in [0.15, 0.2) is 0 Å². The fourth-order valence-corrected chi connectivity index (χ4v) is 1.55. The quantitative estimate of drug-likeness (QED) is 0.680. The van der Waals surface area contributed by atoms with Crippen LogP contribution in [0.2, 0.25) is 0 Å². The first-order chi connectivity index (χ1) is 5.26. The highest BCUT2D eigenvalue weighted by Gasteiger charge is 2.29. The fraction of sp³-hybridized carbons (Fsp3) is 0.875. The predicted octanol–water partition coefficient (Wildman–Crippen LogP) is 0.956. The van der Waals surface area contributed by atoms with Crippen molar-refractivity contribution >= 4 is 18.4 Å². The van der Waals surface area contributed by atoms with Crippen LogP contribution in [0.1, 0.15) is 19.3 Å². The van der Waals surface area contributed by atoms with Crippen LogP contribution in [0.25, 0.3) is 0 Å². The highest BCUT2D eigenvalue weighted by atomic mass is 35.5. The minimum Gasteiger partial charge on any atom is -0.469 e. The molecule has 0 radical (unpaired) electrons. The molecule has 1 rings (SSSR count). The number of hydrogen-bond donors (Lipinski definition) is 1. The molecule has 0 bridgehead atoms. The first-order valence-corrected chi connectivity index (χ1v) is 4.03. The third-order valence-electron chi connectivity index (χ3n) is 2.35. The molecule has 1 saturated carbocycles. The van der Waals surface area contributed by atoms with E-state index in [-0.39, 0.29) is 18.4 Å². The topological polar surface area (TPSA) is 52.3 Å². The molecule has 1 aliphatic carbocycles. The minimum absolute atomic E-state index is 0. The van der Waals surface area contributed by atoms with E-state index in [1.54, 1.807) is 0 Å². The molecule has 0 atom stereocenters. The third kappa shape index (κ3) is 2.99. The normalized spacial score (nSPS) is 26.8. The predicted molar refractivity (Wildman–Crippen MR) is 49.1 cm³/mol. The van der Waals surface area contributed by atoms with Gasteiger partial charge in [0.05, 0.1) is 7.11 Å². The van der Waals surface area contributed by atoms with Gasteiger partial charge in [-0.1, -0.05) is 0 Å². The number of methoxy groups -OCH3 is 1. The lowest BCUT2D eigenvalue weighted by molar-refractivity contribution is -0.142. The van der Waals surface area contributed by atoms with E-state index in [0.717, 1.165) is 19.4 Å². The van der Waals surface area contributed by atoms with Crippen molar-refractivity contribution in [1.29, 1.82) is 0 Å². The Hall–Kier alpha value is -0.280. The number of esters is 1. The molecule has 0 unspecified atom stereocenters. The number of carbonyl (C=O) groups is 1. The van der Waals surface area contributed by atoms with Crippen molar-refractivity contribution in [2.24, 2.45) is 17.6 Å². The Morgan fingerprint density at radius 3 is 2.50 bits per heavy atom. The van der Waals surface area contributed by atoms with Gasteiger partial charge in [0.25, 0.3) is 0 Å². The van der Waals surface area contributed by atoms with E-state index in [4.69, 9.17) is 5.73 Å². The summed E-state index contributed by atoms with van der Waals surface area (Å²) in [6.07, 6.45) is 2.78. The molecular weight excluding hydrogens is 178 g/mol. The molecule has 0 heterocycles. The van der Waals surface area contributed by atoms with Crippen molar-refractivity contribution in [2.75, 3.05) is 13.7 Å². The van der Waals surface area contributed by atoms with Gasteiger partial charge in [0, 0.05) is 6.42 Å². The number of ether oxygens (including phenoxy) is 1. The Morgan fingerprint density at radius 2 is 2.08 bits per heavy atom. The summed E-state index contributed by atoms with van der Waals surface area (Å²) < 4.78 is 4.56. The van der Waals surface area contributed by atoms with E-state index < -0.39 is 0 Å². The van der Waals surface area contributed by atoms with Gasteiger partial charge in [-0.05, 0) is 31.2 Å². The van der Waals surface area contributed by atoms with Crippen molar-refractivity contribution in [3.63, 3.8) is 0 Å². The number of hydrogen-bond acceptors (Lipinski definition) is 3. The molecule has 4 heteroatoms. The van der Waals surface area contributed by atoms with Gasteiger partial charge in [0.1, 0.15) is 0 Å². The summed E-state index contributed by atoms with van der Waals surface area (Å²) in [5.74, 6) is 1.10. The molecule has 0 spiro atoms. The molecule has 72 valence electrons. The Balaban J connectivity index is 0.00000121. The number of rotatable bonds is 3. The van der Waals surface area contributed by atoms with Crippen molar-refractivity contribution in [1.82, 2.24) is 0 Å². The maximum atomic E-state index is 10.8. The largest absolute Gasteiger partial charge is 0.469 e. The molecule has 0 aromatic heterocycles. The summed E-state index contributed by atoms with van der Waals surface area (Å²) >= 11 is 0. The maximum absolute atomic E-state index is 10.8. The number of nitrogens with two attached hydrogens (primary N) is 1. The average molecular weight is 194 g/mol. The van der Waals surface area contributed by atoms with E-state index in [2.05, 4.69) is 4.74 Å². The Bertz CT molecular complexity index is 146. The molecular formula is C8H16ClNO2. The molecule has 0 saturated heterocycles. The summed E-state index contributed by atoms with van der Waals surface area (Å²) in [5, 5.41) is 0. The molecule has 0 aromatic carbocycles. The molecule has 1 aliphatic rings. The first kappa shape index (κ1) is 11.7. The lowest BCUT2D eigenvalue weighted by atomic mass is 9.73. The van der Waals surface area contributed by atoms with E-state index >= 15 is 0 Å². The molecule has 3 nitrogen and oxygen atoms in total. The van der Waals surface area contributed by atoms with Crippen molar-refractivity contribution in [3.05, 3.63) is 0 Å². The number of halogens is 1. The van der Waals surface area contributed by atoms with Crippen LogP contribution in [0.4, 0.5) is 0 Å². The minimum atomic E-state index is -0.0922. The standard InChI is InChI=1S/C8H15NO2.ClH/c1-11-8(10)4-6-2-7(3-6)5-9;/h6-7H,2-5,9H2,1H3;1H. The summed E-state index contributed by atoms with van der Waals surface area (Å²) in [6.45, 7) is 0.762. The summed E-state index contributed by atoms with van der Waals surface area (Å²) in [5.41, 5.74) is 5.44. The smallest absolute Gasteiger partial charge is 0.305 e. The van der Waals surface area contributed by atoms with Crippen LogP contribution in [-0.2, 0) is 9.53 Å². The van der Waals surface area contributed by atoms with Crippen LogP contribution in [0.15, 0.2) is 0 Å². The van der Waals surface area contributed by atoms with Crippen LogP contribution in [0, 0.1) is 11.8 Å². The van der Waals surface area contributed by atoms with Gasteiger partial charge in [-0.3, -0.25) is 4.79 Å². The lowest BCUT2D eigenvalue weighted by Gasteiger charge is -2.33. The van der Waals surface area contributed by atoms with E-state index in [1.165, 1.54) is 7.11 Å². The Morgan fingerprint density at radius 1 is 1.50 bits per heavy atom. The first-order valence-electron chi connectivity index (χ1n) is 4.03. The second-order valence-electron chi connectivity index (χ2n) is 3.22. The molecule has 1 fully saturated rings. The van der Waals surface area contributed by atoms with Crippen molar-refractivity contribution in [2.45, 2.75) is 19.3 Å². The van der Waals surface area contributed by atoms with Gasteiger partial charge in [-0.25, -0.2) is 0 Å². The monoisotopic (exact) mass is 193 g/mol. The van der Waals surface area contributed by atoms with Crippen LogP contribution >= 0.6 is 12.4 Å². The highest BCUT2D eigenvalue weighted by molar-refractivity contribution is 5.85.